The van der Waals surface area contributed by atoms with Crippen molar-refractivity contribution in [1.82, 2.24) is 0 Å². The minimum atomic E-state index is -1.25. The van der Waals surface area contributed by atoms with Crippen molar-refractivity contribution in [2.45, 2.75) is 84.3 Å². The molecule has 6 heteroatoms. The van der Waals surface area contributed by atoms with Crippen LogP contribution in [0.15, 0.2) is 0 Å². The third-order valence-corrected chi connectivity index (χ3v) is 3.27. The van der Waals surface area contributed by atoms with Crippen LogP contribution < -0.4 is 0 Å². The van der Waals surface area contributed by atoms with Crippen LogP contribution in [-0.4, -0.2) is 35.2 Å². The van der Waals surface area contributed by atoms with Gasteiger partial charge in [0.1, 0.15) is 0 Å². The van der Waals surface area contributed by atoms with Crippen LogP contribution in [0.3, 0.4) is 0 Å². The van der Waals surface area contributed by atoms with Crippen LogP contribution >= 0.6 is 0 Å². The van der Waals surface area contributed by atoms with E-state index < -0.39 is 30.1 Å². The van der Waals surface area contributed by atoms with E-state index >= 15 is 0 Å². The van der Waals surface area contributed by atoms with Gasteiger partial charge < -0.3 is 14.6 Å². The Labute approximate surface area is 132 Å². The molecule has 0 aliphatic heterocycles. The van der Waals surface area contributed by atoms with E-state index in [1.165, 1.54) is 39.5 Å². The molecule has 128 valence electrons. The van der Waals surface area contributed by atoms with Crippen molar-refractivity contribution in [2.24, 2.45) is 0 Å². The first kappa shape index (κ1) is 20.4. The molecule has 0 amide bonds. The average Bonchev–Trinajstić information content (AvgIpc) is 2.45. The molecule has 0 aromatic rings. The van der Waals surface area contributed by atoms with Gasteiger partial charge >= 0.3 is 17.9 Å². The molecule has 0 aromatic heterocycles. The third-order valence-electron chi connectivity index (χ3n) is 3.27. The van der Waals surface area contributed by atoms with Gasteiger partial charge in [-0.1, -0.05) is 45.4 Å². The Kier molecular flexibility index (Phi) is 11.1. The van der Waals surface area contributed by atoms with Gasteiger partial charge in [-0.05, 0) is 20.3 Å². The number of carboxylic acid groups (broad SMARTS) is 1. The number of hydrogen-bond acceptors (Lipinski definition) is 5. The fraction of sp³-hybridized carbons (Fsp3) is 0.812. The molecular weight excluding hydrogens is 288 g/mol. The molecule has 0 radical (unpaired) electrons. The van der Waals surface area contributed by atoms with E-state index in [-0.39, 0.29) is 6.42 Å². The summed E-state index contributed by atoms with van der Waals surface area (Å²) < 4.78 is 9.57. The number of esters is 2. The number of hydrogen-bond donors (Lipinski definition) is 1. The number of carbonyl (C=O) groups is 3. The zero-order valence-corrected chi connectivity index (χ0v) is 13.8. The van der Waals surface area contributed by atoms with Crippen molar-refractivity contribution in [2.75, 3.05) is 0 Å². The van der Waals surface area contributed by atoms with E-state index in [1.807, 2.05) is 0 Å². The van der Waals surface area contributed by atoms with E-state index in [2.05, 4.69) is 11.7 Å². The molecule has 0 fully saturated rings. The second-order valence-corrected chi connectivity index (χ2v) is 5.42. The van der Waals surface area contributed by atoms with Gasteiger partial charge in [-0.15, -0.1) is 0 Å². The Hall–Kier alpha value is -1.59. The van der Waals surface area contributed by atoms with E-state index in [0.717, 1.165) is 19.3 Å². The molecule has 2 atom stereocenters. The Morgan fingerprint density at radius 3 is 1.95 bits per heavy atom. The maximum absolute atomic E-state index is 11.6. The van der Waals surface area contributed by atoms with Crippen LogP contribution in [-0.2, 0) is 23.9 Å². The molecular formula is C16H28O6. The van der Waals surface area contributed by atoms with Crippen LogP contribution in [0.25, 0.3) is 0 Å². The summed E-state index contributed by atoms with van der Waals surface area (Å²) in [5.41, 5.74) is 0. The standard InChI is InChI=1S/C16H28O6/c1-4-5-6-7-8-9-10-11-14(17)21-13(3)16(20)22-12(2)15(18)19/h12-13H,4-11H2,1-3H3,(H,18,19). The Balaban J connectivity index is 3.77. The summed E-state index contributed by atoms with van der Waals surface area (Å²) in [5.74, 6) is -2.54. The first-order valence-electron chi connectivity index (χ1n) is 8.01. The predicted octanol–water partition coefficient (Wildman–Crippen LogP) is 3.08. The number of ether oxygens (including phenoxy) is 2. The maximum Gasteiger partial charge on any atom is 0.347 e. The van der Waals surface area contributed by atoms with Crippen molar-refractivity contribution < 1.29 is 29.0 Å². The Bertz CT molecular complexity index is 353. The zero-order chi connectivity index (χ0) is 17.0. The molecule has 0 aliphatic carbocycles. The number of carboxylic acids is 1. The lowest BCUT2D eigenvalue weighted by atomic mass is 10.1. The lowest BCUT2D eigenvalue weighted by Gasteiger charge is -2.14. The van der Waals surface area contributed by atoms with Gasteiger partial charge in [-0.3, -0.25) is 4.79 Å². The first-order valence-corrected chi connectivity index (χ1v) is 8.01. The Morgan fingerprint density at radius 1 is 0.864 bits per heavy atom. The number of carbonyl (C=O) groups excluding carboxylic acids is 2. The summed E-state index contributed by atoms with van der Waals surface area (Å²) in [7, 11) is 0. The first-order chi connectivity index (χ1) is 10.4. The van der Waals surface area contributed by atoms with Gasteiger partial charge in [0.05, 0.1) is 0 Å². The normalized spacial score (nSPS) is 13.2. The monoisotopic (exact) mass is 316 g/mol. The average molecular weight is 316 g/mol. The molecule has 0 aliphatic rings. The molecule has 6 nitrogen and oxygen atoms in total. The maximum atomic E-state index is 11.6. The second kappa shape index (κ2) is 12.0. The zero-order valence-electron chi connectivity index (χ0n) is 13.8. The van der Waals surface area contributed by atoms with Crippen molar-refractivity contribution in [3.05, 3.63) is 0 Å². The largest absolute Gasteiger partial charge is 0.479 e. The van der Waals surface area contributed by atoms with Gasteiger partial charge in [0, 0.05) is 6.42 Å². The summed E-state index contributed by atoms with van der Waals surface area (Å²) in [5, 5.41) is 8.63. The molecule has 2 unspecified atom stereocenters. The molecule has 0 saturated carbocycles. The molecule has 1 N–H and O–H groups in total. The highest BCUT2D eigenvalue weighted by molar-refractivity contribution is 5.82. The SMILES string of the molecule is CCCCCCCCCC(=O)OC(C)C(=O)OC(C)C(=O)O. The lowest BCUT2D eigenvalue weighted by molar-refractivity contribution is -0.174. The minimum absolute atomic E-state index is 0.264. The van der Waals surface area contributed by atoms with Gasteiger partial charge in [-0.2, -0.15) is 0 Å². The summed E-state index contributed by atoms with van der Waals surface area (Å²) in [6.45, 7) is 4.78. The molecule has 0 aromatic carbocycles. The third kappa shape index (κ3) is 10.2. The molecule has 0 rings (SSSR count). The van der Waals surface area contributed by atoms with Crippen molar-refractivity contribution in [1.29, 1.82) is 0 Å². The van der Waals surface area contributed by atoms with Crippen molar-refractivity contribution in [3.63, 3.8) is 0 Å². The van der Waals surface area contributed by atoms with Crippen LogP contribution in [0.1, 0.15) is 72.1 Å². The van der Waals surface area contributed by atoms with Gasteiger partial charge in [0.2, 0.25) is 0 Å². The van der Waals surface area contributed by atoms with Gasteiger partial charge in [0.15, 0.2) is 12.2 Å². The summed E-state index contributed by atoms with van der Waals surface area (Å²) in [6.07, 6.45) is 5.59. The van der Waals surface area contributed by atoms with E-state index in [1.54, 1.807) is 0 Å². The number of rotatable bonds is 12. The van der Waals surface area contributed by atoms with E-state index in [0.29, 0.717) is 0 Å². The van der Waals surface area contributed by atoms with Gasteiger partial charge in [-0.25, -0.2) is 9.59 Å². The predicted molar refractivity (Wildman–Crippen MR) is 81.4 cm³/mol. The molecule has 0 bridgehead atoms. The molecule has 22 heavy (non-hydrogen) atoms. The highest BCUT2D eigenvalue weighted by atomic mass is 16.6. The molecule has 0 spiro atoms. The summed E-state index contributed by atoms with van der Waals surface area (Å²) in [6, 6.07) is 0. The number of aliphatic carboxylic acids is 1. The topological polar surface area (TPSA) is 89.9 Å². The fourth-order valence-electron chi connectivity index (χ4n) is 1.85. The fourth-order valence-corrected chi connectivity index (χ4v) is 1.85. The highest BCUT2D eigenvalue weighted by Crippen LogP contribution is 2.09. The van der Waals surface area contributed by atoms with Crippen LogP contribution in [0.2, 0.25) is 0 Å². The van der Waals surface area contributed by atoms with E-state index in [4.69, 9.17) is 9.84 Å². The second-order valence-electron chi connectivity index (χ2n) is 5.42. The molecule has 0 heterocycles. The van der Waals surface area contributed by atoms with Crippen molar-refractivity contribution in [3.8, 4) is 0 Å². The van der Waals surface area contributed by atoms with Crippen LogP contribution in [0.4, 0.5) is 0 Å². The van der Waals surface area contributed by atoms with Crippen molar-refractivity contribution >= 4 is 17.9 Å². The van der Waals surface area contributed by atoms with Crippen LogP contribution in [0.5, 0.6) is 0 Å². The number of unbranched alkanes of at least 4 members (excludes halogenated alkanes) is 6. The van der Waals surface area contributed by atoms with Crippen LogP contribution in [0, 0.1) is 0 Å². The smallest absolute Gasteiger partial charge is 0.347 e. The summed E-state index contributed by atoms with van der Waals surface area (Å²) >= 11 is 0. The summed E-state index contributed by atoms with van der Waals surface area (Å²) in [4.78, 5) is 33.6. The van der Waals surface area contributed by atoms with Gasteiger partial charge in [0.25, 0.3) is 0 Å². The highest BCUT2D eigenvalue weighted by Gasteiger charge is 2.23. The Morgan fingerprint density at radius 2 is 1.41 bits per heavy atom. The van der Waals surface area contributed by atoms with E-state index in [9.17, 15) is 14.4 Å². The quantitative estimate of drug-likeness (QED) is 0.439. The lowest BCUT2D eigenvalue weighted by Crippen LogP contribution is -2.32. The minimum Gasteiger partial charge on any atom is -0.479 e. The molecule has 0 saturated heterocycles.